The molecule has 0 aliphatic rings. The summed E-state index contributed by atoms with van der Waals surface area (Å²) in [5.74, 6) is 0. The van der Waals surface area contributed by atoms with Crippen molar-refractivity contribution in [1.29, 1.82) is 5.41 Å². The summed E-state index contributed by atoms with van der Waals surface area (Å²) in [6.07, 6.45) is 3.97. The van der Waals surface area contributed by atoms with Crippen molar-refractivity contribution in [3.8, 4) is 0 Å². The molecule has 0 radical (unpaired) electrons. The Bertz CT molecular complexity index is 214. The fraction of sp³-hybridized carbons (Fsp3) is 0.333. The molecule has 0 saturated carbocycles. The minimum absolute atomic E-state index is 0. The zero-order valence-electron chi connectivity index (χ0n) is 5.96. The molecule has 0 spiro atoms. The Labute approximate surface area is 67.8 Å². The van der Waals surface area contributed by atoms with Crippen LogP contribution in [0.4, 0.5) is 0 Å². The molecule has 0 aliphatic heterocycles. The van der Waals surface area contributed by atoms with Crippen LogP contribution in [0.1, 0.15) is 25.6 Å². The van der Waals surface area contributed by atoms with Gasteiger partial charge in [-0.15, -0.1) is 0 Å². The van der Waals surface area contributed by atoms with Crippen LogP contribution in [-0.2, 0) is 6.42 Å². The van der Waals surface area contributed by atoms with Crippen LogP contribution in [0.15, 0.2) is 18.3 Å². The first-order chi connectivity index (χ1) is 4.86. The molecule has 1 N–H and O–H groups in total. The van der Waals surface area contributed by atoms with E-state index in [1.807, 2.05) is 12.1 Å². The number of aryl methyl sites for hydroxylation is 1. The van der Waals surface area contributed by atoms with Gasteiger partial charge in [0.2, 0.25) is 0 Å². The van der Waals surface area contributed by atoms with Gasteiger partial charge < -0.3 is 5.41 Å². The lowest BCUT2D eigenvalue weighted by Gasteiger charge is -1.93. The van der Waals surface area contributed by atoms with E-state index >= 15 is 0 Å². The molecule has 0 saturated heterocycles. The van der Waals surface area contributed by atoms with E-state index in [-0.39, 0.29) is 7.43 Å². The maximum atomic E-state index is 6.91. The van der Waals surface area contributed by atoms with Gasteiger partial charge in [0.05, 0.1) is 0 Å². The Morgan fingerprint density at radius 1 is 1.55 bits per heavy atom. The molecule has 0 atom stereocenters. The minimum atomic E-state index is 0. The number of nitrogens with one attached hydrogen (secondary N) is 1. The molecule has 1 aromatic rings. The summed E-state index contributed by atoms with van der Waals surface area (Å²) >= 11 is 0. The number of pyridine rings is 1. The normalized spacial score (nSPS) is 8.45. The second-order valence-corrected chi connectivity index (χ2v) is 2.08. The van der Waals surface area contributed by atoms with Gasteiger partial charge in [-0.1, -0.05) is 20.4 Å². The van der Waals surface area contributed by atoms with E-state index in [1.165, 1.54) is 6.21 Å². The van der Waals surface area contributed by atoms with Gasteiger partial charge in [0.15, 0.2) is 0 Å². The second kappa shape index (κ2) is 4.61. The van der Waals surface area contributed by atoms with Crippen molar-refractivity contribution in [2.45, 2.75) is 20.8 Å². The number of nitrogens with zero attached hydrogens (tertiary/aromatic N) is 1. The van der Waals surface area contributed by atoms with Crippen LogP contribution < -0.4 is 0 Å². The zero-order valence-corrected chi connectivity index (χ0v) is 5.96. The molecule has 11 heavy (non-hydrogen) atoms. The molecule has 60 valence electrons. The first-order valence-corrected chi connectivity index (χ1v) is 3.32. The fourth-order valence-corrected chi connectivity index (χ4v) is 0.730. The predicted octanol–water partition coefficient (Wildman–Crippen LogP) is 2.28. The third-order valence-electron chi connectivity index (χ3n) is 1.38. The highest BCUT2D eigenvalue weighted by atomic mass is 14.7. The summed E-state index contributed by atoms with van der Waals surface area (Å²) in [4.78, 5) is 4.12. The predicted molar refractivity (Wildman–Crippen MR) is 48.2 cm³/mol. The van der Waals surface area contributed by atoms with Crippen LogP contribution >= 0.6 is 0 Å². The summed E-state index contributed by atoms with van der Waals surface area (Å²) in [6.45, 7) is 2.06. The zero-order chi connectivity index (χ0) is 7.40. The van der Waals surface area contributed by atoms with E-state index in [0.29, 0.717) is 0 Å². The highest BCUT2D eigenvalue weighted by molar-refractivity contribution is 5.76. The molecule has 0 aliphatic carbocycles. The molecule has 0 unspecified atom stereocenters. The van der Waals surface area contributed by atoms with Gasteiger partial charge in [0.1, 0.15) is 0 Å². The quantitative estimate of drug-likeness (QED) is 0.645. The molecule has 1 rings (SSSR count). The van der Waals surface area contributed by atoms with Crippen molar-refractivity contribution in [2.75, 3.05) is 0 Å². The van der Waals surface area contributed by atoms with Crippen LogP contribution in [0.2, 0.25) is 0 Å². The second-order valence-electron chi connectivity index (χ2n) is 2.08. The Hall–Kier alpha value is -1.18. The fourth-order valence-electron chi connectivity index (χ4n) is 0.730. The monoisotopic (exact) mass is 150 g/mol. The van der Waals surface area contributed by atoms with Gasteiger partial charge in [-0.2, -0.15) is 0 Å². The molecule has 2 nitrogen and oxygen atoms in total. The van der Waals surface area contributed by atoms with Crippen molar-refractivity contribution in [1.82, 2.24) is 4.98 Å². The van der Waals surface area contributed by atoms with Crippen molar-refractivity contribution in [2.24, 2.45) is 0 Å². The average molecular weight is 150 g/mol. The number of hydrogen-bond donors (Lipinski definition) is 1. The third kappa shape index (κ3) is 2.50. The molecule has 1 heterocycles. The van der Waals surface area contributed by atoms with Crippen molar-refractivity contribution < 1.29 is 0 Å². The van der Waals surface area contributed by atoms with Gasteiger partial charge in [-0.3, -0.25) is 4.98 Å². The third-order valence-corrected chi connectivity index (χ3v) is 1.38. The first-order valence-electron chi connectivity index (χ1n) is 3.32. The van der Waals surface area contributed by atoms with Crippen molar-refractivity contribution >= 4 is 6.21 Å². The number of hydrogen-bond acceptors (Lipinski definition) is 2. The molecule has 0 fully saturated rings. The molecular formula is C9H14N2. The SMILES string of the molecule is C.CCc1ccc(C=N)cn1. The smallest absolute Gasteiger partial charge is 0.0401 e. The Morgan fingerprint density at radius 2 is 2.27 bits per heavy atom. The van der Waals surface area contributed by atoms with Crippen LogP contribution in [0.3, 0.4) is 0 Å². The summed E-state index contributed by atoms with van der Waals surface area (Å²) in [7, 11) is 0. The number of rotatable bonds is 2. The van der Waals surface area contributed by atoms with E-state index in [4.69, 9.17) is 5.41 Å². The van der Waals surface area contributed by atoms with Crippen molar-refractivity contribution in [3.63, 3.8) is 0 Å². The Morgan fingerprint density at radius 3 is 2.64 bits per heavy atom. The van der Waals surface area contributed by atoms with E-state index in [2.05, 4.69) is 11.9 Å². The lowest BCUT2D eigenvalue weighted by molar-refractivity contribution is 1.03. The highest BCUT2D eigenvalue weighted by Crippen LogP contribution is 1.97. The van der Waals surface area contributed by atoms with E-state index in [9.17, 15) is 0 Å². The summed E-state index contributed by atoms with van der Waals surface area (Å²) in [6, 6.07) is 3.85. The summed E-state index contributed by atoms with van der Waals surface area (Å²) in [5, 5.41) is 6.91. The Balaban J connectivity index is 0.000001000. The molecule has 2 heteroatoms. The maximum absolute atomic E-state index is 6.91. The standard InChI is InChI=1S/C8H10N2.CH4/c1-2-8-4-3-7(5-9)6-10-8;/h3-6,9H,2H2,1H3;1H4. The molecule has 1 aromatic heterocycles. The highest BCUT2D eigenvalue weighted by Gasteiger charge is 1.88. The van der Waals surface area contributed by atoms with Gasteiger partial charge in [-0.05, 0) is 12.5 Å². The van der Waals surface area contributed by atoms with Gasteiger partial charge in [0, 0.05) is 23.7 Å². The largest absolute Gasteiger partial charge is 0.308 e. The lowest BCUT2D eigenvalue weighted by atomic mass is 10.2. The number of aromatic nitrogens is 1. The van der Waals surface area contributed by atoms with E-state index < -0.39 is 0 Å². The van der Waals surface area contributed by atoms with E-state index in [0.717, 1.165) is 17.7 Å². The topological polar surface area (TPSA) is 36.7 Å². The van der Waals surface area contributed by atoms with Crippen LogP contribution in [0.25, 0.3) is 0 Å². The van der Waals surface area contributed by atoms with Gasteiger partial charge >= 0.3 is 0 Å². The molecule has 0 bridgehead atoms. The Kier molecular flexibility index (Phi) is 4.11. The van der Waals surface area contributed by atoms with Crippen LogP contribution in [-0.4, -0.2) is 11.2 Å². The summed E-state index contributed by atoms with van der Waals surface area (Å²) in [5.41, 5.74) is 1.93. The average Bonchev–Trinajstić information content (AvgIpc) is 2.05. The minimum Gasteiger partial charge on any atom is -0.308 e. The van der Waals surface area contributed by atoms with Crippen LogP contribution in [0, 0.1) is 5.41 Å². The lowest BCUT2D eigenvalue weighted by Crippen LogP contribution is -1.87. The molecule has 0 amide bonds. The summed E-state index contributed by atoms with van der Waals surface area (Å²) < 4.78 is 0. The van der Waals surface area contributed by atoms with Gasteiger partial charge in [0.25, 0.3) is 0 Å². The van der Waals surface area contributed by atoms with E-state index in [1.54, 1.807) is 6.20 Å². The molecule has 0 aromatic carbocycles. The van der Waals surface area contributed by atoms with Crippen molar-refractivity contribution in [3.05, 3.63) is 29.6 Å². The maximum Gasteiger partial charge on any atom is 0.0401 e. The van der Waals surface area contributed by atoms with Crippen LogP contribution in [0.5, 0.6) is 0 Å². The van der Waals surface area contributed by atoms with Gasteiger partial charge in [-0.25, -0.2) is 0 Å². The first kappa shape index (κ1) is 9.82. The molecular weight excluding hydrogens is 136 g/mol.